The summed E-state index contributed by atoms with van der Waals surface area (Å²) >= 11 is 0. The molecule has 3 aliphatic rings. The Morgan fingerprint density at radius 2 is 1.94 bits per heavy atom. The normalized spacial score (nSPS) is 43.4. The molecule has 2 atom stereocenters. The molecule has 5 heteroatoms. The predicted molar refractivity (Wildman–Crippen MR) is 60.3 cm³/mol. The van der Waals surface area contributed by atoms with Gasteiger partial charge < -0.3 is 9.64 Å². The van der Waals surface area contributed by atoms with Crippen molar-refractivity contribution < 1.29 is 18.1 Å². The highest BCUT2D eigenvalue weighted by atomic mass is 32.2. The van der Waals surface area contributed by atoms with Crippen LogP contribution >= 0.6 is 0 Å². The summed E-state index contributed by atoms with van der Waals surface area (Å²) < 4.78 is 29.1. The second kappa shape index (κ2) is 3.68. The van der Waals surface area contributed by atoms with Crippen molar-refractivity contribution in [2.24, 2.45) is 0 Å². The molecule has 0 bridgehead atoms. The largest absolute Gasteiger partial charge is 0.370 e. The lowest BCUT2D eigenvalue weighted by atomic mass is 9.80. The maximum Gasteiger partial charge on any atom is 0.165 e. The van der Waals surface area contributed by atoms with Crippen molar-refractivity contribution >= 4 is 9.84 Å². The lowest BCUT2D eigenvalue weighted by Gasteiger charge is -2.54. The Kier molecular flexibility index (Phi) is 2.53. The highest BCUT2D eigenvalue weighted by Crippen LogP contribution is 2.41. The molecule has 0 unspecified atom stereocenters. The standard InChI is InChI=1S/C11H19NO3S/c13-16(14)9-11(4-2-1-3-10(11)16)12-5-7-15-8-6-12/h10H,1-9H2/p+1/t10-,11+/m0/s1. The molecule has 3 fully saturated rings. The maximum absolute atomic E-state index is 11.9. The van der Waals surface area contributed by atoms with Crippen LogP contribution in [-0.4, -0.2) is 51.3 Å². The van der Waals surface area contributed by atoms with Gasteiger partial charge in [-0.2, -0.15) is 0 Å². The van der Waals surface area contributed by atoms with Crippen molar-refractivity contribution in [1.29, 1.82) is 0 Å². The van der Waals surface area contributed by atoms with Gasteiger partial charge in [0.15, 0.2) is 9.84 Å². The average Bonchev–Trinajstić information content (AvgIpc) is 2.29. The number of hydrogen-bond acceptors (Lipinski definition) is 3. The number of hydrogen-bond donors (Lipinski definition) is 1. The molecule has 0 aromatic rings. The van der Waals surface area contributed by atoms with E-state index in [0.29, 0.717) is 5.75 Å². The molecule has 0 amide bonds. The number of quaternary nitrogens is 1. The monoisotopic (exact) mass is 246 g/mol. The zero-order chi connectivity index (χ0) is 11.2. The highest BCUT2D eigenvalue weighted by Gasteiger charge is 2.65. The van der Waals surface area contributed by atoms with Gasteiger partial charge in [0.05, 0.1) is 13.2 Å². The van der Waals surface area contributed by atoms with Crippen LogP contribution in [-0.2, 0) is 14.6 Å². The molecule has 1 N–H and O–H groups in total. The molecule has 2 heterocycles. The van der Waals surface area contributed by atoms with E-state index in [9.17, 15) is 8.42 Å². The molecule has 1 aliphatic carbocycles. The van der Waals surface area contributed by atoms with E-state index in [-0.39, 0.29) is 10.8 Å². The van der Waals surface area contributed by atoms with Crippen LogP contribution in [0.25, 0.3) is 0 Å². The van der Waals surface area contributed by atoms with Crippen molar-refractivity contribution in [1.82, 2.24) is 0 Å². The Labute approximate surface area is 96.9 Å². The van der Waals surface area contributed by atoms with Gasteiger partial charge in [0.25, 0.3) is 0 Å². The third kappa shape index (κ3) is 1.45. The molecular formula is C11H20NO3S+. The molecule has 0 spiro atoms. The van der Waals surface area contributed by atoms with Gasteiger partial charge in [-0.25, -0.2) is 8.42 Å². The van der Waals surface area contributed by atoms with E-state index in [1.807, 2.05) is 0 Å². The van der Waals surface area contributed by atoms with E-state index in [4.69, 9.17) is 4.74 Å². The SMILES string of the molecule is O=S1(=O)C[C@]2([NH+]3CCOCC3)CCCC[C@@H]21. The van der Waals surface area contributed by atoms with Crippen LogP contribution < -0.4 is 4.90 Å². The molecule has 2 saturated heterocycles. The second-order valence-corrected chi connectivity index (χ2v) is 7.60. The average molecular weight is 246 g/mol. The Balaban J connectivity index is 1.85. The van der Waals surface area contributed by atoms with Crippen LogP contribution in [0.4, 0.5) is 0 Å². The minimum Gasteiger partial charge on any atom is -0.370 e. The minimum atomic E-state index is -2.75. The zero-order valence-electron chi connectivity index (χ0n) is 9.57. The van der Waals surface area contributed by atoms with Crippen molar-refractivity contribution in [2.75, 3.05) is 32.1 Å². The third-order valence-corrected chi connectivity index (χ3v) is 7.12. The summed E-state index contributed by atoms with van der Waals surface area (Å²) in [4.78, 5) is 1.50. The Morgan fingerprint density at radius 1 is 1.19 bits per heavy atom. The first kappa shape index (κ1) is 11.0. The van der Waals surface area contributed by atoms with Crippen LogP contribution in [0.2, 0.25) is 0 Å². The minimum absolute atomic E-state index is 0.0400. The Hall–Kier alpha value is -0.130. The molecule has 0 aromatic heterocycles. The summed E-state index contributed by atoms with van der Waals surface area (Å²) in [6.07, 6.45) is 4.30. The van der Waals surface area contributed by atoms with Crippen molar-refractivity contribution in [3.63, 3.8) is 0 Å². The first-order chi connectivity index (χ1) is 7.65. The Morgan fingerprint density at radius 3 is 2.62 bits per heavy atom. The van der Waals surface area contributed by atoms with Crippen LogP contribution in [0.5, 0.6) is 0 Å². The summed E-state index contributed by atoms with van der Waals surface area (Å²) in [6.45, 7) is 3.58. The summed E-state index contributed by atoms with van der Waals surface area (Å²) in [6, 6.07) is 0. The fourth-order valence-corrected chi connectivity index (χ4v) is 6.63. The number of sulfone groups is 1. The quantitative estimate of drug-likeness (QED) is 0.646. The van der Waals surface area contributed by atoms with Gasteiger partial charge in [-0.15, -0.1) is 0 Å². The first-order valence-electron chi connectivity index (χ1n) is 6.30. The van der Waals surface area contributed by atoms with Crippen molar-refractivity contribution in [2.45, 2.75) is 36.5 Å². The van der Waals surface area contributed by atoms with Crippen LogP contribution in [0.3, 0.4) is 0 Å². The molecule has 2 aliphatic heterocycles. The van der Waals surface area contributed by atoms with E-state index in [1.54, 1.807) is 0 Å². The van der Waals surface area contributed by atoms with Gasteiger partial charge >= 0.3 is 0 Å². The van der Waals surface area contributed by atoms with Gasteiger partial charge in [0, 0.05) is 6.42 Å². The van der Waals surface area contributed by atoms with Crippen molar-refractivity contribution in [3.8, 4) is 0 Å². The van der Waals surface area contributed by atoms with E-state index < -0.39 is 9.84 Å². The summed E-state index contributed by atoms with van der Waals surface area (Å²) in [5, 5.41) is -0.0400. The fourth-order valence-electron chi connectivity index (χ4n) is 3.88. The third-order valence-electron chi connectivity index (χ3n) is 4.65. The van der Waals surface area contributed by atoms with Gasteiger partial charge in [-0.1, -0.05) is 6.42 Å². The van der Waals surface area contributed by atoms with E-state index in [0.717, 1.165) is 45.6 Å². The molecule has 4 nitrogen and oxygen atoms in total. The molecular weight excluding hydrogens is 226 g/mol. The number of rotatable bonds is 1. The second-order valence-electron chi connectivity index (χ2n) is 5.41. The number of ether oxygens (including phenoxy) is 1. The maximum atomic E-state index is 11.9. The molecule has 0 radical (unpaired) electrons. The highest BCUT2D eigenvalue weighted by molar-refractivity contribution is 7.93. The number of fused-ring (bicyclic) bond motifs is 1. The van der Waals surface area contributed by atoms with E-state index in [1.165, 1.54) is 11.3 Å². The van der Waals surface area contributed by atoms with Gasteiger partial charge in [-0.05, 0) is 12.8 Å². The lowest BCUT2D eigenvalue weighted by Crippen LogP contribution is -3.26. The van der Waals surface area contributed by atoms with Crippen LogP contribution in [0, 0.1) is 0 Å². The smallest absolute Gasteiger partial charge is 0.165 e. The first-order valence-corrected chi connectivity index (χ1v) is 8.01. The number of morpholine rings is 1. The summed E-state index contributed by atoms with van der Waals surface area (Å²) in [7, 11) is -2.75. The Bertz CT molecular complexity index is 375. The van der Waals surface area contributed by atoms with Crippen LogP contribution in [0.15, 0.2) is 0 Å². The topological polar surface area (TPSA) is 47.8 Å². The van der Waals surface area contributed by atoms with Gasteiger partial charge in [0.1, 0.15) is 29.6 Å². The predicted octanol–water partition coefficient (Wildman–Crippen LogP) is -0.989. The lowest BCUT2D eigenvalue weighted by molar-refractivity contribution is -0.959. The van der Waals surface area contributed by atoms with Gasteiger partial charge in [-0.3, -0.25) is 0 Å². The van der Waals surface area contributed by atoms with E-state index in [2.05, 4.69) is 0 Å². The van der Waals surface area contributed by atoms with Crippen molar-refractivity contribution in [3.05, 3.63) is 0 Å². The zero-order valence-corrected chi connectivity index (χ0v) is 10.4. The number of nitrogens with one attached hydrogen (secondary N) is 1. The fraction of sp³-hybridized carbons (Fsp3) is 1.00. The molecule has 3 rings (SSSR count). The molecule has 92 valence electrons. The molecule has 1 saturated carbocycles. The molecule has 0 aromatic carbocycles. The van der Waals surface area contributed by atoms with Crippen LogP contribution in [0.1, 0.15) is 25.7 Å². The molecule has 16 heavy (non-hydrogen) atoms. The van der Waals surface area contributed by atoms with E-state index >= 15 is 0 Å². The summed E-state index contributed by atoms with van der Waals surface area (Å²) in [5.41, 5.74) is 0.0703. The van der Waals surface area contributed by atoms with Gasteiger partial charge in [0.2, 0.25) is 0 Å². The summed E-state index contributed by atoms with van der Waals surface area (Å²) in [5.74, 6) is 0.431.